The molecule has 1 aliphatic rings. The van der Waals surface area contributed by atoms with E-state index in [1.54, 1.807) is 49.6 Å². The Hall–Kier alpha value is -2.36. The Kier molecular flexibility index (Phi) is 7.52. The van der Waals surface area contributed by atoms with Crippen LogP contribution >= 0.6 is 39.9 Å². The van der Waals surface area contributed by atoms with Gasteiger partial charge in [0, 0.05) is 10.0 Å². The molecule has 30 heavy (non-hydrogen) atoms. The number of carbonyl (C=O) groups excluding carboxylic acids is 2. The molecule has 1 N–H and O–H groups in total. The van der Waals surface area contributed by atoms with E-state index in [0.29, 0.717) is 28.6 Å². The normalized spacial score (nSPS) is 14.9. The van der Waals surface area contributed by atoms with Crippen LogP contribution < -0.4 is 14.9 Å². The average Bonchev–Trinajstić information content (AvgIpc) is 3.00. The molecule has 0 aromatic heterocycles. The van der Waals surface area contributed by atoms with E-state index in [9.17, 15) is 9.59 Å². The van der Waals surface area contributed by atoms with E-state index >= 15 is 0 Å². The van der Waals surface area contributed by atoms with Crippen molar-refractivity contribution in [2.75, 3.05) is 13.7 Å². The van der Waals surface area contributed by atoms with Gasteiger partial charge in [-0.3, -0.25) is 15.0 Å². The molecule has 2 aromatic rings. The highest BCUT2D eigenvalue weighted by Crippen LogP contribution is 2.34. The Morgan fingerprint density at radius 3 is 2.63 bits per heavy atom. The van der Waals surface area contributed by atoms with Gasteiger partial charge in [0.05, 0.1) is 18.6 Å². The third kappa shape index (κ3) is 5.21. The first-order chi connectivity index (χ1) is 14.4. The summed E-state index contributed by atoms with van der Waals surface area (Å²) in [4.78, 5) is 25.6. The largest absolute Gasteiger partial charge is 0.493 e. The first-order valence-corrected chi connectivity index (χ1v) is 11.1. The van der Waals surface area contributed by atoms with E-state index in [0.717, 1.165) is 33.2 Å². The molecule has 3 rings (SSSR count). The zero-order valence-corrected chi connectivity index (χ0v) is 19.5. The van der Waals surface area contributed by atoms with Crippen LogP contribution in [0.15, 0.2) is 51.8 Å². The summed E-state index contributed by atoms with van der Waals surface area (Å²) in [5.41, 5.74) is 3.75. The van der Waals surface area contributed by atoms with Crippen LogP contribution in [-0.4, -0.2) is 34.9 Å². The van der Waals surface area contributed by atoms with Crippen LogP contribution in [0.25, 0.3) is 6.08 Å². The summed E-state index contributed by atoms with van der Waals surface area (Å²) in [6, 6.07) is 12.2. The molecule has 2 amide bonds. The Balaban J connectivity index is 1.76. The molecule has 156 valence electrons. The highest BCUT2D eigenvalue weighted by atomic mass is 79.9. The quantitative estimate of drug-likeness (QED) is 0.430. The van der Waals surface area contributed by atoms with Crippen LogP contribution in [0.1, 0.15) is 29.3 Å². The molecular weight excluding hydrogens is 488 g/mol. The minimum atomic E-state index is -0.417. The van der Waals surface area contributed by atoms with Gasteiger partial charge in [0.25, 0.3) is 11.8 Å². The maximum Gasteiger partial charge on any atom is 0.285 e. The number of amides is 2. The van der Waals surface area contributed by atoms with E-state index < -0.39 is 5.91 Å². The van der Waals surface area contributed by atoms with Crippen LogP contribution in [-0.2, 0) is 4.79 Å². The van der Waals surface area contributed by atoms with Crippen molar-refractivity contribution in [1.29, 1.82) is 0 Å². The highest BCUT2D eigenvalue weighted by molar-refractivity contribution is 9.10. The topological polar surface area (TPSA) is 67.9 Å². The number of nitrogens with one attached hydrogen (secondary N) is 1. The Morgan fingerprint density at radius 1 is 1.23 bits per heavy atom. The molecule has 0 saturated carbocycles. The van der Waals surface area contributed by atoms with Crippen LogP contribution in [0.3, 0.4) is 0 Å². The van der Waals surface area contributed by atoms with E-state index in [-0.39, 0.29) is 10.2 Å². The fourth-order valence-electron chi connectivity index (χ4n) is 2.59. The predicted octanol–water partition coefficient (Wildman–Crippen LogP) is 4.79. The molecular formula is C21H19BrN2O4S2. The van der Waals surface area contributed by atoms with Crippen molar-refractivity contribution in [2.45, 2.75) is 13.3 Å². The van der Waals surface area contributed by atoms with Crippen LogP contribution in [0.4, 0.5) is 0 Å². The Bertz CT molecular complexity index is 1010. The zero-order chi connectivity index (χ0) is 21.7. The van der Waals surface area contributed by atoms with Gasteiger partial charge in [-0.2, -0.15) is 5.01 Å². The van der Waals surface area contributed by atoms with Crippen molar-refractivity contribution in [3.8, 4) is 11.5 Å². The molecule has 0 unspecified atom stereocenters. The van der Waals surface area contributed by atoms with E-state index in [1.165, 1.54) is 0 Å². The molecule has 2 aromatic carbocycles. The predicted molar refractivity (Wildman–Crippen MR) is 125 cm³/mol. The number of nitrogens with zero attached hydrogens (tertiary/aromatic N) is 1. The minimum absolute atomic E-state index is 0.256. The molecule has 1 heterocycles. The molecule has 0 aliphatic carbocycles. The summed E-state index contributed by atoms with van der Waals surface area (Å²) in [5, 5.41) is 1.09. The summed E-state index contributed by atoms with van der Waals surface area (Å²) < 4.78 is 12.1. The number of thioether (sulfide) groups is 1. The van der Waals surface area contributed by atoms with Gasteiger partial charge >= 0.3 is 0 Å². The number of methoxy groups -OCH3 is 1. The summed E-state index contributed by atoms with van der Waals surface area (Å²) in [7, 11) is 1.56. The number of thiocarbonyl (C=S) groups is 1. The van der Waals surface area contributed by atoms with E-state index in [2.05, 4.69) is 21.4 Å². The second-order valence-corrected chi connectivity index (χ2v) is 8.82. The maximum absolute atomic E-state index is 12.8. The van der Waals surface area contributed by atoms with Crippen molar-refractivity contribution < 1.29 is 19.1 Å². The summed E-state index contributed by atoms with van der Waals surface area (Å²) >= 11 is 9.72. The third-order valence-corrected chi connectivity index (χ3v) is 5.89. The summed E-state index contributed by atoms with van der Waals surface area (Å²) in [6.07, 6.45) is 2.59. The molecule has 1 saturated heterocycles. The minimum Gasteiger partial charge on any atom is -0.493 e. The molecule has 0 bridgehead atoms. The third-order valence-electron chi connectivity index (χ3n) is 4.06. The number of halogens is 1. The fourth-order valence-corrected chi connectivity index (χ4v) is 4.03. The lowest BCUT2D eigenvalue weighted by molar-refractivity contribution is -0.123. The van der Waals surface area contributed by atoms with Crippen molar-refractivity contribution in [2.24, 2.45) is 0 Å². The van der Waals surface area contributed by atoms with Crippen molar-refractivity contribution >= 4 is 62.1 Å². The van der Waals surface area contributed by atoms with Crippen LogP contribution in [0.5, 0.6) is 11.5 Å². The van der Waals surface area contributed by atoms with Crippen molar-refractivity contribution in [1.82, 2.24) is 10.4 Å². The smallest absolute Gasteiger partial charge is 0.285 e. The van der Waals surface area contributed by atoms with Gasteiger partial charge in [-0.1, -0.05) is 40.7 Å². The van der Waals surface area contributed by atoms with Gasteiger partial charge in [-0.05, 0) is 66.7 Å². The van der Waals surface area contributed by atoms with Gasteiger partial charge in [0.1, 0.15) is 0 Å². The number of hydrogen-bond acceptors (Lipinski definition) is 6. The second-order valence-electron chi connectivity index (χ2n) is 6.22. The summed E-state index contributed by atoms with van der Waals surface area (Å²) in [6.45, 7) is 2.62. The Labute approximate surface area is 192 Å². The SMILES string of the molecule is CCCOc1ccc(/C=C2\SC(=S)N(NC(=O)c3ccc(Br)cc3)C2=O)cc1OC. The summed E-state index contributed by atoms with van der Waals surface area (Å²) in [5.74, 6) is 0.418. The monoisotopic (exact) mass is 506 g/mol. The lowest BCUT2D eigenvalue weighted by atomic mass is 10.2. The fraction of sp³-hybridized carbons (Fsp3) is 0.190. The maximum atomic E-state index is 12.8. The van der Waals surface area contributed by atoms with Gasteiger partial charge in [-0.25, -0.2) is 0 Å². The van der Waals surface area contributed by atoms with E-state index in [4.69, 9.17) is 21.7 Å². The average molecular weight is 507 g/mol. The number of carbonyl (C=O) groups is 2. The van der Waals surface area contributed by atoms with Gasteiger partial charge in [0.15, 0.2) is 15.8 Å². The van der Waals surface area contributed by atoms with Crippen LogP contribution in [0, 0.1) is 0 Å². The first-order valence-electron chi connectivity index (χ1n) is 9.08. The Morgan fingerprint density at radius 2 is 1.97 bits per heavy atom. The van der Waals surface area contributed by atoms with E-state index in [1.807, 2.05) is 13.0 Å². The molecule has 0 radical (unpaired) electrons. The first kappa shape index (κ1) is 22.3. The highest BCUT2D eigenvalue weighted by Gasteiger charge is 2.33. The van der Waals surface area contributed by atoms with Gasteiger partial charge < -0.3 is 9.47 Å². The molecule has 9 heteroatoms. The standard InChI is InChI=1S/C21H19BrN2O4S2/c1-3-10-28-16-9-4-13(11-17(16)27-2)12-18-20(26)24(21(29)30-18)23-19(25)14-5-7-15(22)8-6-14/h4-9,11-12H,3,10H2,1-2H3,(H,23,25)/b18-12-. The number of hydrazine groups is 1. The van der Waals surface area contributed by atoms with Gasteiger partial charge in [0.2, 0.25) is 0 Å². The number of rotatable bonds is 7. The lowest BCUT2D eigenvalue weighted by Crippen LogP contribution is -2.44. The molecule has 1 aliphatic heterocycles. The molecule has 1 fully saturated rings. The number of ether oxygens (including phenoxy) is 2. The number of hydrogen-bond donors (Lipinski definition) is 1. The van der Waals surface area contributed by atoms with Crippen molar-refractivity contribution in [3.05, 3.63) is 63.0 Å². The lowest BCUT2D eigenvalue weighted by Gasteiger charge is -2.15. The molecule has 0 spiro atoms. The number of benzene rings is 2. The second kappa shape index (κ2) is 10.1. The van der Waals surface area contributed by atoms with Gasteiger partial charge in [-0.15, -0.1) is 0 Å². The van der Waals surface area contributed by atoms with Crippen molar-refractivity contribution in [3.63, 3.8) is 0 Å². The zero-order valence-electron chi connectivity index (χ0n) is 16.3. The molecule has 0 atom stereocenters. The molecule has 6 nitrogen and oxygen atoms in total. The van der Waals surface area contributed by atoms with Crippen LogP contribution in [0.2, 0.25) is 0 Å².